The molecule has 18 heavy (non-hydrogen) atoms. The van der Waals surface area contributed by atoms with Crippen LogP contribution in [0.1, 0.15) is 44.9 Å². The number of carbonyl (C=O) groups is 1. The van der Waals surface area contributed by atoms with Crippen molar-refractivity contribution in [3.8, 4) is 6.07 Å². The minimum absolute atomic E-state index is 0.175. The number of nitrogens with zero attached hydrogens (tertiary/aromatic N) is 2. The molecule has 0 radical (unpaired) electrons. The lowest BCUT2D eigenvalue weighted by molar-refractivity contribution is -0.133. The number of nitriles is 1. The van der Waals surface area contributed by atoms with Crippen molar-refractivity contribution in [2.75, 3.05) is 19.6 Å². The van der Waals surface area contributed by atoms with E-state index in [9.17, 15) is 4.79 Å². The molecule has 1 N–H and O–H groups in total. The van der Waals surface area contributed by atoms with Crippen molar-refractivity contribution in [1.82, 2.24) is 10.2 Å². The van der Waals surface area contributed by atoms with E-state index in [0.29, 0.717) is 19.5 Å². The van der Waals surface area contributed by atoms with E-state index in [1.165, 1.54) is 32.1 Å². The number of piperazine rings is 1. The van der Waals surface area contributed by atoms with Gasteiger partial charge in [0.15, 0.2) is 0 Å². The van der Waals surface area contributed by atoms with Crippen molar-refractivity contribution in [1.29, 1.82) is 5.26 Å². The zero-order valence-electron chi connectivity index (χ0n) is 11.0. The molecule has 2 rings (SSSR count). The van der Waals surface area contributed by atoms with E-state index in [4.69, 9.17) is 5.26 Å². The van der Waals surface area contributed by atoms with Crippen molar-refractivity contribution in [2.24, 2.45) is 5.92 Å². The predicted molar refractivity (Wildman–Crippen MR) is 69.8 cm³/mol. The highest BCUT2D eigenvalue weighted by Gasteiger charge is 2.26. The molecule has 0 bridgehead atoms. The zero-order chi connectivity index (χ0) is 12.8. The maximum Gasteiger partial charge on any atom is 0.223 e. The van der Waals surface area contributed by atoms with Crippen LogP contribution in [0, 0.1) is 17.2 Å². The fraction of sp³-hybridized carbons (Fsp3) is 0.857. The Morgan fingerprint density at radius 3 is 2.83 bits per heavy atom. The first-order valence-corrected chi connectivity index (χ1v) is 7.21. The molecule has 1 atom stereocenters. The van der Waals surface area contributed by atoms with Crippen LogP contribution in [-0.2, 0) is 4.79 Å². The minimum atomic E-state index is -0.266. The van der Waals surface area contributed by atoms with Crippen LogP contribution in [0.15, 0.2) is 0 Å². The summed E-state index contributed by atoms with van der Waals surface area (Å²) >= 11 is 0. The van der Waals surface area contributed by atoms with Gasteiger partial charge in [0.2, 0.25) is 5.91 Å². The Labute approximate surface area is 109 Å². The molecule has 1 aliphatic carbocycles. The largest absolute Gasteiger partial charge is 0.324 e. The highest BCUT2D eigenvalue weighted by Crippen LogP contribution is 2.27. The standard InChI is InChI=1S/C14H23N3O/c15-10-13-11-16-8-9-17(13)14(18)7-6-12-4-2-1-3-5-12/h12-13,16H,1-9,11H2. The van der Waals surface area contributed by atoms with Gasteiger partial charge in [-0.05, 0) is 12.3 Å². The van der Waals surface area contributed by atoms with Crippen molar-refractivity contribution in [3.63, 3.8) is 0 Å². The summed E-state index contributed by atoms with van der Waals surface area (Å²) in [6, 6.07) is 1.95. The molecule has 4 nitrogen and oxygen atoms in total. The van der Waals surface area contributed by atoms with E-state index in [2.05, 4.69) is 11.4 Å². The first-order valence-electron chi connectivity index (χ1n) is 7.21. The van der Waals surface area contributed by atoms with Gasteiger partial charge in [-0.2, -0.15) is 5.26 Å². The second-order valence-electron chi connectivity index (χ2n) is 5.48. The Kier molecular flexibility index (Phi) is 5.00. The lowest BCUT2D eigenvalue weighted by Crippen LogP contribution is -2.53. The number of nitrogens with one attached hydrogen (secondary N) is 1. The molecular formula is C14H23N3O. The quantitative estimate of drug-likeness (QED) is 0.827. The maximum atomic E-state index is 12.2. The number of hydrogen-bond donors (Lipinski definition) is 1. The van der Waals surface area contributed by atoms with Crippen LogP contribution in [0.25, 0.3) is 0 Å². The molecule has 1 aliphatic heterocycles. The Hall–Kier alpha value is -1.08. The smallest absolute Gasteiger partial charge is 0.223 e. The first kappa shape index (κ1) is 13.4. The molecule has 0 aromatic carbocycles. The third-order valence-corrected chi connectivity index (χ3v) is 4.20. The van der Waals surface area contributed by atoms with E-state index in [0.717, 1.165) is 18.9 Å². The average molecular weight is 249 g/mol. The molecule has 1 amide bonds. The van der Waals surface area contributed by atoms with Crippen molar-refractivity contribution in [2.45, 2.75) is 51.0 Å². The van der Waals surface area contributed by atoms with Crippen LogP contribution >= 0.6 is 0 Å². The van der Waals surface area contributed by atoms with Gasteiger partial charge in [0, 0.05) is 26.1 Å². The Bertz CT molecular complexity index is 317. The van der Waals surface area contributed by atoms with Crippen LogP contribution in [0.3, 0.4) is 0 Å². The predicted octanol–water partition coefficient (Wildman–Crippen LogP) is 1.67. The number of carbonyl (C=O) groups excluding carboxylic acids is 1. The third-order valence-electron chi connectivity index (χ3n) is 4.20. The molecule has 2 aliphatic rings. The van der Waals surface area contributed by atoms with Gasteiger partial charge in [-0.15, -0.1) is 0 Å². The van der Waals surface area contributed by atoms with Gasteiger partial charge < -0.3 is 10.2 Å². The Balaban J connectivity index is 1.77. The van der Waals surface area contributed by atoms with Gasteiger partial charge in [-0.3, -0.25) is 4.79 Å². The van der Waals surface area contributed by atoms with Gasteiger partial charge in [0.05, 0.1) is 6.07 Å². The molecule has 1 saturated carbocycles. The van der Waals surface area contributed by atoms with E-state index in [1.54, 1.807) is 4.90 Å². The minimum Gasteiger partial charge on any atom is -0.324 e. The molecule has 1 saturated heterocycles. The first-order chi connectivity index (χ1) is 8.81. The second-order valence-corrected chi connectivity index (χ2v) is 5.48. The number of amides is 1. The summed E-state index contributed by atoms with van der Waals surface area (Å²) < 4.78 is 0. The maximum absolute atomic E-state index is 12.2. The van der Waals surface area contributed by atoms with Crippen LogP contribution in [0.2, 0.25) is 0 Å². The molecule has 100 valence electrons. The summed E-state index contributed by atoms with van der Waals surface area (Å²) in [5.41, 5.74) is 0. The molecule has 1 heterocycles. The summed E-state index contributed by atoms with van der Waals surface area (Å²) in [5, 5.41) is 12.2. The summed E-state index contributed by atoms with van der Waals surface area (Å²) in [6.07, 6.45) is 8.23. The molecule has 0 aromatic rings. The normalized spacial score (nSPS) is 25.7. The molecule has 4 heteroatoms. The van der Waals surface area contributed by atoms with E-state index >= 15 is 0 Å². The number of hydrogen-bond acceptors (Lipinski definition) is 3. The van der Waals surface area contributed by atoms with E-state index < -0.39 is 0 Å². The third kappa shape index (κ3) is 3.46. The average Bonchev–Trinajstić information content (AvgIpc) is 2.45. The Morgan fingerprint density at radius 1 is 1.33 bits per heavy atom. The summed E-state index contributed by atoms with van der Waals surface area (Å²) in [6.45, 7) is 2.11. The molecule has 0 aromatic heterocycles. The van der Waals surface area contributed by atoms with Crippen LogP contribution < -0.4 is 5.32 Å². The van der Waals surface area contributed by atoms with Crippen LogP contribution in [-0.4, -0.2) is 36.5 Å². The zero-order valence-corrected chi connectivity index (χ0v) is 11.0. The lowest BCUT2D eigenvalue weighted by atomic mass is 9.86. The second kappa shape index (κ2) is 6.75. The highest BCUT2D eigenvalue weighted by atomic mass is 16.2. The fourth-order valence-electron chi connectivity index (χ4n) is 3.07. The summed E-state index contributed by atoms with van der Waals surface area (Å²) in [7, 11) is 0. The van der Waals surface area contributed by atoms with Gasteiger partial charge >= 0.3 is 0 Å². The van der Waals surface area contributed by atoms with Crippen LogP contribution in [0.5, 0.6) is 0 Å². The topological polar surface area (TPSA) is 56.1 Å². The highest BCUT2D eigenvalue weighted by molar-refractivity contribution is 5.77. The fourth-order valence-corrected chi connectivity index (χ4v) is 3.07. The Morgan fingerprint density at radius 2 is 2.11 bits per heavy atom. The summed E-state index contributed by atoms with van der Waals surface area (Å²) in [4.78, 5) is 13.9. The van der Waals surface area contributed by atoms with Gasteiger partial charge in [0.1, 0.15) is 6.04 Å². The van der Waals surface area contributed by atoms with Crippen molar-refractivity contribution < 1.29 is 4.79 Å². The molecule has 2 fully saturated rings. The SMILES string of the molecule is N#CC1CNCCN1C(=O)CCC1CCCCC1. The summed E-state index contributed by atoms with van der Waals surface area (Å²) in [5.74, 6) is 0.916. The molecular weight excluding hydrogens is 226 g/mol. The van der Waals surface area contributed by atoms with Gasteiger partial charge in [-0.25, -0.2) is 0 Å². The van der Waals surface area contributed by atoms with E-state index in [1.807, 2.05) is 0 Å². The lowest BCUT2D eigenvalue weighted by Gasteiger charge is -2.32. The monoisotopic (exact) mass is 249 g/mol. The van der Waals surface area contributed by atoms with Gasteiger partial charge in [0.25, 0.3) is 0 Å². The molecule has 1 unspecified atom stereocenters. The van der Waals surface area contributed by atoms with Crippen molar-refractivity contribution >= 4 is 5.91 Å². The van der Waals surface area contributed by atoms with Gasteiger partial charge in [-0.1, -0.05) is 32.1 Å². The van der Waals surface area contributed by atoms with E-state index in [-0.39, 0.29) is 11.9 Å². The number of rotatable bonds is 3. The molecule has 0 spiro atoms. The van der Waals surface area contributed by atoms with Crippen LogP contribution in [0.4, 0.5) is 0 Å². The van der Waals surface area contributed by atoms with Crippen molar-refractivity contribution in [3.05, 3.63) is 0 Å².